The summed E-state index contributed by atoms with van der Waals surface area (Å²) in [7, 11) is 0. The van der Waals surface area contributed by atoms with Crippen LogP contribution >= 0.6 is 0 Å². The summed E-state index contributed by atoms with van der Waals surface area (Å²) in [5.74, 6) is -3.62. The van der Waals surface area contributed by atoms with Crippen LogP contribution < -0.4 is 0 Å². The second-order valence-electron chi connectivity index (χ2n) is 5.94. The molecule has 0 bridgehead atoms. The van der Waals surface area contributed by atoms with Crippen LogP contribution in [0, 0.1) is 17.0 Å². The van der Waals surface area contributed by atoms with Crippen molar-refractivity contribution in [3.63, 3.8) is 0 Å². The highest BCUT2D eigenvalue weighted by atomic mass is 19.1. The standard InChI is InChI=1S/C19H18FNO4/c1-13-8-10-15(11-9-13)17(12-21(24)25)19(20,14(2)22)18(23)16-6-4-3-5-7-16/h3-11,17H,12H2,1-2H3/t17-,19-/m1/s1. The molecular formula is C19H18FNO4. The Bertz CT molecular complexity index is 789. The minimum absolute atomic E-state index is 0.000611. The molecule has 0 heterocycles. The van der Waals surface area contributed by atoms with Crippen molar-refractivity contribution in [3.05, 3.63) is 81.4 Å². The average molecular weight is 343 g/mol. The zero-order chi connectivity index (χ0) is 18.6. The van der Waals surface area contributed by atoms with Crippen LogP contribution in [0.25, 0.3) is 0 Å². The molecule has 6 heteroatoms. The van der Waals surface area contributed by atoms with E-state index in [1.165, 1.54) is 24.3 Å². The summed E-state index contributed by atoms with van der Waals surface area (Å²) in [5.41, 5.74) is -1.89. The van der Waals surface area contributed by atoms with E-state index in [0.29, 0.717) is 0 Å². The normalized spacial score (nSPS) is 14.4. The number of Topliss-reactive ketones (excluding diaryl/α,β-unsaturated/α-hetero) is 2. The van der Waals surface area contributed by atoms with Crippen LogP contribution in [0.5, 0.6) is 0 Å². The van der Waals surface area contributed by atoms with Crippen molar-refractivity contribution in [1.29, 1.82) is 0 Å². The number of hydrogen-bond acceptors (Lipinski definition) is 4. The fourth-order valence-electron chi connectivity index (χ4n) is 2.77. The van der Waals surface area contributed by atoms with Gasteiger partial charge in [0.25, 0.3) is 0 Å². The second kappa shape index (κ2) is 7.34. The highest BCUT2D eigenvalue weighted by Crippen LogP contribution is 2.36. The Morgan fingerprint density at radius 1 is 1.12 bits per heavy atom. The lowest BCUT2D eigenvalue weighted by atomic mass is 9.76. The Labute approximate surface area is 144 Å². The quantitative estimate of drug-likeness (QED) is 0.333. The molecule has 0 aliphatic heterocycles. The van der Waals surface area contributed by atoms with Crippen molar-refractivity contribution in [2.75, 3.05) is 6.54 Å². The summed E-state index contributed by atoms with van der Waals surface area (Å²) in [6.45, 7) is 1.90. The van der Waals surface area contributed by atoms with Gasteiger partial charge in [0.2, 0.25) is 18.0 Å². The molecule has 5 nitrogen and oxygen atoms in total. The molecule has 0 spiro atoms. The smallest absolute Gasteiger partial charge is 0.243 e. The maximum absolute atomic E-state index is 15.8. The molecule has 0 aliphatic carbocycles. The molecule has 0 aliphatic rings. The van der Waals surface area contributed by atoms with Gasteiger partial charge in [-0.3, -0.25) is 19.7 Å². The number of aryl methyl sites for hydroxylation is 1. The monoisotopic (exact) mass is 343 g/mol. The van der Waals surface area contributed by atoms with Gasteiger partial charge in [-0.15, -0.1) is 0 Å². The largest absolute Gasteiger partial charge is 0.296 e. The van der Waals surface area contributed by atoms with Crippen LogP contribution in [-0.2, 0) is 4.79 Å². The Hall–Kier alpha value is -2.89. The van der Waals surface area contributed by atoms with E-state index in [-0.39, 0.29) is 11.1 Å². The van der Waals surface area contributed by atoms with Gasteiger partial charge in [0.15, 0.2) is 5.78 Å². The van der Waals surface area contributed by atoms with Crippen molar-refractivity contribution in [3.8, 4) is 0 Å². The number of hydrogen-bond donors (Lipinski definition) is 0. The highest BCUT2D eigenvalue weighted by Gasteiger charge is 2.53. The topological polar surface area (TPSA) is 77.3 Å². The molecule has 0 unspecified atom stereocenters. The van der Waals surface area contributed by atoms with Gasteiger partial charge in [0.05, 0.1) is 5.92 Å². The fourth-order valence-corrected chi connectivity index (χ4v) is 2.77. The first-order valence-electron chi connectivity index (χ1n) is 7.75. The molecule has 0 N–H and O–H groups in total. The summed E-state index contributed by atoms with van der Waals surface area (Å²) < 4.78 is 15.8. The Morgan fingerprint density at radius 3 is 2.16 bits per heavy atom. The molecule has 0 amide bonds. The summed E-state index contributed by atoms with van der Waals surface area (Å²) in [6, 6.07) is 13.9. The fraction of sp³-hybridized carbons (Fsp3) is 0.263. The second-order valence-corrected chi connectivity index (χ2v) is 5.94. The zero-order valence-corrected chi connectivity index (χ0v) is 13.9. The molecule has 0 saturated heterocycles. The molecule has 2 rings (SSSR count). The van der Waals surface area contributed by atoms with Crippen molar-refractivity contribution in [2.45, 2.75) is 25.4 Å². The number of halogens is 1. The van der Waals surface area contributed by atoms with E-state index < -0.39 is 34.6 Å². The third kappa shape index (κ3) is 3.79. The van der Waals surface area contributed by atoms with E-state index in [1.807, 2.05) is 6.92 Å². The van der Waals surface area contributed by atoms with Gasteiger partial charge >= 0.3 is 0 Å². The van der Waals surface area contributed by atoms with Crippen LogP contribution in [-0.4, -0.2) is 28.7 Å². The number of carbonyl (C=O) groups is 2. The molecule has 0 aromatic heterocycles. The molecule has 0 radical (unpaired) electrons. The van der Waals surface area contributed by atoms with Crippen molar-refractivity contribution < 1.29 is 18.9 Å². The van der Waals surface area contributed by atoms with Crippen molar-refractivity contribution in [2.24, 2.45) is 0 Å². The lowest BCUT2D eigenvalue weighted by Crippen LogP contribution is -2.49. The van der Waals surface area contributed by atoms with Gasteiger partial charge in [-0.2, -0.15) is 0 Å². The lowest BCUT2D eigenvalue weighted by Gasteiger charge is -2.28. The van der Waals surface area contributed by atoms with E-state index in [4.69, 9.17) is 0 Å². The SMILES string of the molecule is CC(=O)[C@](F)(C(=O)c1ccccc1)[C@H](C[N+](=O)[O-])c1ccc(C)cc1. The number of nitro groups is 1. The maximum atomic E-state index is 15.8. The molecule has 25 heavy (non-hydrogen) atoms. The number of ketones is 2. The van der Waals surface area contributed by atoms with Gasteiger partial charge in [0.1, 0.15) is 0 Å². The Kier molecular flexibility index (Phi) is 5.41. The van der Waals surface area contributed by atoms with Crippen LogP contribution in [0.3, 0.4) is 0 Å². The van der Waals surface area contributed by atoms with Crippen LogP contribution in [0.15, 0.2) is 54.6 Å². The van der Waals surface area contributed by atoms with Crippen LogP contribution in [0.2, 0.25) is 0 Å². The Morgan fingerprint density at radius 2 is 1.68 bits per heavy atom. The van der Waals surface area contributed by atoms with E-state index in [2.05, 4.69) is 0 Å². The summed E-state index contributed by atoms with van der Waals surface area (Å²) in [6.07, 6.45) is 0. The first-order valence-corrected chi connectivity index (χ1v) is 7.75. The van der Waals surface area contributed by atoms with E-state index in [0.717, 1.165) is 12.5 Å². The first-order chi connectivity index (χ1) is 11.8. The van der Waals surface area contributed by atoms with Gasteiger partial charge < -0.3 is 0 Å². The number of alkyl halides is 1. The third-order valence-electron chi connectivity index (χ3n) is 4.17. The van der Waals surface area contributed by atoms with Gasteiger partial charge in [0, 0.05) is 10.5 Å². The highest BCUT2D eigenvalue weighted by molar-refractivity contribution is 6.17. The van der Waals surface area contributed by atoms with E-state index in [9.17, 15) is 19.7 Å². The zero-order valence-electron chi connectivity index (χ0n) is 13.9. The molecular weight excluding hydrogens is 325 g/mol. The molecule has 130 valence electrons. The summed E-state index contributed by atoms with van der Waals surface area (Å²) in [4.78, 5) is 35.3. The van der Waals surface area contributed by atoms with Crippen LogP contribution in [0.4, 0.5) is 4.39 Å². The first kappa shape index (κ1) is 18.4. The molecule has 0 fully saturated rings. The average Bonchev–Trinajstić information content (AvgIpc) is 2.59. The number of nitrogens with zero attached hydrogens (tertiary/aromatic N) is 1. The number of rotatable bonds is 7. The third-order valence-corrected chi connectivity index (χ3v) is 4.17. The van der Waals surface area contributed by atoms with Crippen LogP contribution in [0.1, 0.15) is 34.3 Å². The lowest BCUT2D eigenvalue weighted by molar-refractivity contribution is -0.485. The minimum atomic E-state index is -3.01. The van der Waals surface area contributed by atoms with Crippen molar-refractivity contribution in [1.82, 2.24) is 0 Å². The van der Waals surface area contributed by atoms with Crippen molar-refractivity contribution >= 4 is 11.6 Å². The number of carbonyl (C=O) groups excluding carboxylic acids is 2. The number of benzene rings is 2. The summed E-state index contributed by atoms with van der Waals surface area (Å²) >= 11 is 0. The minimum Gasteiger partial charge on any atom is -0.296 e. The molecule has 2 aromatic carbocycles. The van der Waals surface area contributed by atoms with Gasteiger partial charge in [-0.1, -0.05) is 60.2 Å². The summed E-state index contributed by atoms with van der Waals surface area (Å²) in [5, 5.41) is 11.1. The predicted octanol–water partition coefficient (Wildman–Crippen LogP) is 3.54. The van der Waals surface area contributed by atoms with E-state index >= 15 is 4.39 Å². The molecule has 2 atom stereocenters. The Balaban J connectivity index is 2.59. The predicted molar refractivity (Wildman–Crippen MR) is 91.1 cm³/mol. The molecule has 0 saturated carbocycles. The van der Waals surface area contributed by atoms with Gasteiger partial charge in [-0.05, 0) is 19.4 Å². The molecule has 2 aromatic rings. The van der Waals surface area contributed by atoms with E-state index in [1.54, 1.807) is 30.3 Å². The van der Waals surface area contributed by atoms with Gasteiger partial charge in [-0.25, -0.2) is 4.39 Å². The maximum Gasteiger partial charge on any atom is 0.243 e.